The van der Waals surface area contributed by atoms with Gasteiger partial charge >= 0.3 is 18.2 Å². The lowest BCUT2D eigenvalue weighted by Gasteiger charge is -2.45. The van der Waals surface area contributed by atoms with Crippen molar-refractivity contribution in [3.05, 3.63) is 69.5 Å². The lowest BCUT2D eigenvalue weighted by Crippen LogP contribution is -2.65. The quantitative estimate of drug-likeness (QED) is 0.280. The van der Waals surface area contributed by atoms with Gasteiger partial charge in [0.25, 0.3) is 5.69 Å². The van der Waals surface area contributed by atoms with E-state index in [0.29, 0.717) is 12.1 Å². The zero-order valence-electron chi connectivity index (χ0n) is 17.2. The molecule has 0 aliphatic carbocycles. The smallest absolute Gasteiger partial charge is 0.481 e. The van der Waals surface area contributed by atoms with E-state index in [-0.39, 0.29) is 29.9 Å². The molecule has 3 rings (SSSR count). The van der Waals surface area contributed by atoms with Gasteiger partial charge in [-0.2, -0.15) is 22.4 Å². The largest absolute Gasteiger partial charge is 0.518 e. The molecule has 0 spiro atoms. The summed E-state index contributed by atoms with van der Waals surface area (Å²) in [7, 11) is 0. The highest BCUT2D eigenvalue weighted by Crippen LogP contribution is 2.45. The maximum Gasteiger partial charge on any atom is 0.518 e. The van der Waals surface area contributed by atoms with Gasteiger partial charge in [0.1, 0.15) is 30.0 Å². The predicted molar refractivity (Wildman–Crippen MR) is 107 cm³/mol. The number of rotatable bonds is 4. The summed E-state index contributed by atoms with van der Waals surface area (Å²) in [5.41, 5.74) is -3.43. The lowest BCUT2D eigenvalue weighted by atomic mass is 9.73. The van der Waals surface area contributed by atoms with Gasteiger partial charge in [-0.1, -0.05) is 6.07 Å². The second-order valence-electron chi connectivity index (χ2n) is 8.37. The number of amides is 1. The number of nitro benzene ring substituents is 1. The molecular formula is C21H19F4N2O6+. The van der Waals surface area contributed by atoms with Crippen molar-refractivity contribution in [2.24, 2.45) is 5.41 Å². The van der Waals surface area contributed by atoms with Crippen LogP contribution in [0.4, 0.5) is 33.7 Å². The number of piperidine rings is 1. The Morgan fingerprint density at radius 2 is 1.76 bits per heavy atom. The molecule has 1 heterocycles. The summed E-state index contributed by atoms with van der Waals surface area (Å²) in [4.78, 5) is 34.8. The van der Waals surface area contributed by atoms with Gasteiger partial charge in [-0.3, -0.25) is 14.9 Å². The number of halogens is 4. The van der Waals surface area contributed by atoms with Crippen molar-refractivity contribution in [1.29, 1.82) is 0 Å². The van der Waals surface area contributed by atoms with Crippen molar-refractivity contribution in [3.8, 4) is 0 Å². The average Bonchev–Trinajstić information content (AvgIpc) is 2.72. The Bertz CT molecular complexity index is 1120. The summed E-state index contributed by atoms with van der Waals surface area (Å²) in [6.07, 6.45) is -6.49. The number of nitrogens with zero attached hydrogens (tertiary/aromatic N) is 2. The summed E-state index contributed by atoms with van der Waals surface area (Å²) in [5.74, 6) is -3.64. The highest BCUT2D eigenvalue weighted by atomic mass is 19.4. The van der Waals surface area contributed by atoms with Crippen molar-refractivity contribution in [3.63, 3.8) is 0 Å². The molecule has 176 valence electrons. The summed E-state index contributed by atoms with van der Waals surface area (Å²) in [6, 6.07) is 6.34. The van der Waals surface area contributed by atoms with Crippen LogP contribution in [0.5, 0.6) is 0 Å². The lowest BCUT2D eigenvalue weighted by molar-refractivity contribution is -0.384. The van der Waals surface area contributed by atoms with Crippen molar-refractivity contribution >= 4 is 23.4 Å². The number of carboxylic acids is 1. The van der Waals surface area contributed by atoms with E-state index in [9.17, 15) is 47.5 Å². The highest BCUT2D eigenvalue weighted by molar-refractivity contribution is 5.84. The third kappa shape index (κ3) is 4.38. The topological polar surface area (TPSA) is 118 Å². The highest BCUT2D eigenvalue weighted by Gasteiger charge is 2.56. The molecule has 1 saturated heterocycles. The molecule has 0 aromatic heterocycles. The Morgan fingerprint density at radius 1 is 1.15 bits per heavy atom. The van der Waals surface area contributed by atoms with Gasteiger partial charge in [0.2, 0.25) is 0 Å². The summed E-state index contributed by atoms with van der Waals surface area (Å²) >= 11 is 0. The van der Waals surface area contributed by atoms with E-state index >= 15 is 0 Å². The van der Waals surface area contributed by atoms with Gasteiger partial charge < -0.3 is 10.2 Å². The first-order valence-electron chi connectivity index (χ1n) is 9.65. The number of hydrogen-bond donors (Lipinski definition) is 2. The SMILES string of the molecule is CC1(C(=O)O)CC(c2ccc(C(F)(F)F)cc2F)C[N+](C(=O)O)(c2ccc([N+](=O)[O-])cc2)C1. The minimum atomic E-state index is -4.79. The number of carbonyl (C=O) groups is 2. The van der Waals surface area contributed by atoms with E-state index in [0.717, 1.165) is 18.2 Å². The molecule has 12 heteroatoms. The molecule has 1 amide bonds. The molecular weight excluding hydrogens is 452 g/mol. The van der Waals surface area contributed by atoms with Gasteiger partial charge in [-0.15, -0.1) is 0 Å². The molecule has 0 bridgehead atoms. The van der Waals surface area contributed by atoms with Gasteiger partial charge in [0.15, 0.2) is 0 Å². The predicted octanol–water partition coefficient (Wildman–Crippen LogP) is 5.02. The normalized spacial score (nSPS) is 25.4. The fraction of sp³-hybridized carbons (Fsp3) is 0.333. The Hall–Kier alpha value is -3.54. The molecule has 0 radical (unpaired) electrons. The molecule has 33 heavy (non-hydrogen) atoms. The standard InChI is InChI=1S/C21H18F4N2O6/c1-20(18(28)29)9-12(16-7-2-13(8-17(16)22)21(23,24)25)10-27(11-20,19(30)31)15-5-3-14(4-6-15)26(32)33/h2-8,12H,9-11H2,1H3,(H-,28,29,30,31)/p+1. The van der Waals surface area contributed by atoms with Crippen LogP contribution in [0.25, 0.3) is 0 Å². The third-order valence-electron chi connectivity index (χ3n) is 6.05. The molecule has 1 fully saturated rings. The maximum absolute atomic E-state index is 14.7. The van der Waals surface area contributed by atoms with E-state index in [4.69, 9.17) is 0 Å². The summed E-state index contributed by atoms with van der Waals surface area (Å²) in [6.45, 7) is 0.470. The summed E-state index contributed by atoms with van der Waals surface area (Å²) in [5, 5.41) is 30.9. The molecule has 3 atom stereocenters. The minimum Gasteiger partial charge on any atom is -0.481 e. The number of alkyl halides is 3. The number of benzene rings is 2. The van der Waals surface area contributed by atoms with Crippen molar-refractivity contribution in [2.45, 2.75) is 25.4 Å². The first kappa shape index (κ1) is 24.1. The molecule has 1 aliphatic rings. The monoisotopic (exact) mass is 471 g/mol. The van der Waals surface area contributed by atoms with Crippen LogP contribution < -0.4 is 4.48 Å². The van der Waals surface area contributed by atoms with Gasteiger partial charge in [0, 0.05) is 30.2 Å². The van der Waals surface area contributed by atoms with Gasteiger partial charge in [-0.05, 0) is 31.0 Å². The fourth-order valence-electron chi connectivity index (χ4n) is 4.42. The van der Waals surface area contributed by atoms with Crippen LogP contribution in [0.1, 0.15) is 30.4 Å². The second kappa shape index (κ2) is 8.10. The van der Waals surface area contributed by atoms with Crippen LogP contribution >= 0.6 is 0 Å². The molecule has 2 aromatic carbocycles. The molecule has 8 nitrogen and oxygen atoms in total. The minimum absolute atomic E-state index is 0.0256. The third-order valence-corrected chi connectivity index (χ3v) is 6.05. The van der Waals surface area contributed by atoms with Crippen LogP contribution in [0.15, 0.2) is 42.5 Å². The number of aliphatic carboxylic acids is 1. The van der Waals surface area contributed by atoms with Crippen LogP contribution in [-0.2, 0) is 11.0 Å². The van der Waals surface area contributed by atoms with Crippen LogP contribution in [0, 0.1) is 21.3 Å². The van der Waals surface area contributed by atoms with E-state index in [1.807, 2.05) is 0 Å². The van der Waals surface area contributed by atoms with Crippen LogP contribution in [-0.4, -0.2) is 40.3 Å². The van der Waals surface area contributed by atoms with E-state index in [2.05, 4.69) is 0 Å². The molecule has 1 aliphatic heterocycles. The van der Waals surface area contributed by atoms with E-state index < -0.39 is 56.9 Å². The van der Waals surface area contributed by atoms with E-state index in [1.54, 1.807) is 0 Å². The van der Waals surface area contributed by atoms with Gasteiger partial charge in [0.05, 0.1) is 10.5 Å². The number of non-ortho nitro benzene ring substituents is 1. The van der Waals surface area contributed by atoms with Crippen LogP contribution in [0.2, 0.25) is 0 Å². The fourth-order valence-corrected chi connectivity index (χ4v) is 4.42. The number of likely N-dealkylation sites (tertiary alicyclic amines) is 1. The molecule has 2 N–H and O–H groups in total. The summed E-state index contributed by atoms with van der Waals surface area (Å²) < 4.78 is 52.6. The Labute approximate surface area is 184 Å². The van der Waals surface area contributed by atoms with Crippen LogP contribution in [0.3, 0.4) is 0 Å². The Balaban J connectivity index is 2.15. The molecule has 0 saturated carbocycles. The molecule has 3 unspecified atom stereocenters. The van der Waals surface area contributed by atoms with Crippen molar-refractivity contribution in [1.82, 2.24) is 4.48 Å². The molecule has 2 aromatic rings. The Morgan fingerprint density at radius 3 is 2.21 bits per heavy atom. The Kier molecular flexibility index (Phi) is 5.92. The second-order valence-corrected chi connectivity index (χ2v) is 8.37. The number of quaternary nitrogens is 1. The zero-order valence-corrected chi connectivity index (χ0v) is 17.2. The first-order chi connectivity index (χ1) is 15.2. The maximum atomic E-state index is 14.7. The van der Waals surface area contributed by atoms with Crippen molar-refractivity contribution < 1.29 is 42.3 Å². The van der Waals surface area contributed by atoms with E-state index in [1.165, 1.54) is 19.1 Å². The van der Waals surface area contributed by atoms with Crippen molar-refractivity contribution in [2.75, 3.05) is 13.1 Å². The zero-order chi connectivity index (χ0) is 24.8. The average molecular weight is 471 g/mol. The number of carboxylic acid groups (broad SMARTS) is 2. The first-order valence-corrected chi connectivity index (χ1v) is 9.65. The number of nitro groups is 1. The van der Waals surface area contributed by atoms with Gasteiger partial charge in [-0.25, -0.2) is 4.39 Å². The number of hydrogen-bond acceptors (Lipinski definition) is 4.